The van der Waals surface area contributed by atoms with Gasteiger partial charge in [-0.1, -0.05) is 66.7 Å². The van der Waals surface area contributed by atoms with Gasteiger partial charge in [0.1, 0.15) is 0 Å². The zero-order valence-electron chi connectivity index (χ0n) is 17.2. The van der Waals surface area contributed by atoms with E-state index in [1.807, 2.05) is 36.4 Å². The standard InChI is InChI=1S/C26H24N2O3/c29-24(19-9-3-1-4-10-19)22-13-7-8-14-23(22)26(31)28-17-15-21(16-18-28)27-25(30)20-11-5-2-6-12-20/h1-14,21H,15-18H2,(H,27,30). The van der Waals surface area contributed by atoms with Gasteiger partial charge in [0.2, 0.25) is 0 Å². The van der Waals surface area contributed by atoms with Crippen LogP contribution in [0.3, 0.4) is 0 Å². The normalized spacial score (nSPS) is 14.1. The minimum Gasteiger partial charge on any atom is -0.349 e. The van der Waals surface area contributed by atoms with Crippen molar-refractivity contribution in [1.82, 2.24) is 10.2 Å². The second-order valence-corrected chi connectivity index (χ2v) is 7.65. The second kappa shape index (κ2) is 9.39. The number of benzene rings is 3. The van der Waals surface area contributed by atoms with Gasteiger partial charge >= 0.3 is 0 Å². The molecule has 1 aliphatic rings. The first kappa shape index (κ1) is 20.5. The summed E-state index contributed by atoms with van der Waals surface area (Å²) in [6, 6.07) is 25.1. The average molecular weight is 412 g/mol. The Morgan fingerprint density at radius 3 is 1.81 bits per heavy atom. The molecular formula is C26H24N2O3. The van der Waals surface area contributed by atoms with Crippen molar-refractivity contribution in [3.05, 3.63) is 107 Å². The number of carbonyl (C=O) groups is 3. The first-order chi connectivity index (χ1) is 15.1. The van der Waals surface area contributed by atoms with Gasteiger partial charge in [-0.25, -0.2) is 0 Å². The summed E-state index contributed by atoms with van der Waals surface area (Å²) >= 11 is 0. The summed E-state index contributed by atoms with van der Waals surface area (Å²) in [5.41, 5.74) is 2.03. The first-order valence-electron chi connectivity index (χ1n) is 10.5. The van der Waals surface area contributed by atoms with Crippen molar-refractivity contribution in [2.75, 3.05) is 13.1 Å². The number of hydrogen-bond acceptors (Lipinski definition) is 3. The number of rotatable bonds is 5. The maximum atomic E-state index is 13.2. The van der Waals surface area contributed by atoms with Crippen LogP contribution in [0.1, 0.15) is 49.5 Å². The molecule has 1 N–H and O–H groups in total. The fourth-order valence-electron chi connectivity index (χ4n) is 3.87. The number of ketones is 1. The molecule has 0 unspecified atom stereocenters. The molecule has 5 heteroatoms. The molecule has 1 fully saturated rings. The van der Waals surface area contributed by atoms with Crippen molar-refractivity contribution in [3.8, 4) is 0 Å². The third-order valence-corrected chi connectivity index (χ3v) is 5.59. The minimum absolute atomic E-state index is 0.0259. The molecule has 0 saturated carbocycles. The maximum Gasteiger partial charge on any atom is 0.254 e. The third kappa shape index (κ3) is 4.72. The van der Waals surface area contributed by atoms with Crippen molar-refractivity contribution in [2.24, 2.45) is 0 Å². The topological polar surface area (TPSA) is 66.5 Å². The highest BCUT2D eigenvalue weighted by Crippen LogP contribution is 2.20. The Morgan fingerprint density at radius 1 is 0.677 bits per heavy atom. The lowest BCUT2D eigenvalue weighted by atomic mass is 9.96. The number of carbonyl (C=O) groups excluding carboxylic acids is 3. The average Bonchev–Trinajstić information content (AvgIpc) is 2.84. The van der Waals surface area contributed by atoms with Crippen molar-refractivity contribution in [2.45, 2.75) is 18.9 Å². The molecule has 5 nitrogen and oxygen atoms in total. The quantitative estimate of drug-likeness (QED) is 0.645. The van der Waals surface area contributed by atoms with Gasteiger partial charge in [0, 0.05) is 35.8 Å². The Morgan fingerprint density at radius 2 is 1.19 bits per heavy atom. The molecule has 0 aromatic heterocycles. The Hall–Kier alpha value is -3.73. The molecule has 0 spiro atoms. The van der Waals surface area contributed by atoms with Gasteiger partial charge in [0.05, 0.1) is 5.56 Å². The van der Waals surface area contributed by atoms with Crippen LogP contribution in [-0.2, 0) is 0 Å². The molecule has 4 rings (SSSR count). The molecule has 0 atom stereocenters. The largest absolute Gasteiger partial charge is 0.349 e. The van der Waals surface area contributed by atoms with E-state index in [1.54, 1.807) is 53.4 Å². The molecule has 0 aliphatic carbocycles. The molecule has 3 aromatic rings. The van der Waals surface area contributed by atoms with Gasteiger partial charge in [-0.2, -0.15) is 0 Å². The van der Waals surface area contributed by atoms with Crippen LogP contribution in [0.5, 0.6) is 0 Å². The highest BCUT2D eigenvalue weighted by atomic mass is 16.2. The van der Waals surface area contributed by atoms with Crippen molar-refractivity contribution < 1.29 is 14.4 Å². The van der Waals surface area contributed by atoms with Gasteiger partial charge in [0.25, 0.3) is 11.8 Å². The lowest BCUT2D eigenvalue weighted by molar-refractivity contribution is 0.0694. The summed E-state index contributed by atoms with van der Waals surface area (Å²) < 4.78 is 0. The van der Waals surface area contributed by atoms with Gasteiger partial charge in [-0.05, 0) is 31.0 Å². The molecule has 0 bridgehead atoms. The van der Waals surface area contributed by atoms with Crippen LogP contribution in [0.2, 0.25) is 0 Å². The number of hydrogen-bond donors (Lipinski definition) is 1. The van der Waals surface area contributed by atoms with E-state index in [4.69, 9.17) is 0 Å². The number of piperidine rings is 1. The van der Waals surface area contributed by atoms with Crippen LogP contribution in [0.4, 0.5) is 0 Å². The molecule has 0 radical (unpaired) electrons. The van der Waals surface area contributed by atoms with Crippen molar-refractivity contribution in [1.29, 1.82) is 0 Å². The van der Waals surface area contributed by atoms with Gasteiger partial charge in [-0.15, -0.1) is 0 Å². The van der Waals surface area contributed by atoms with E-state index in [1.165, 1.54) is 0 Å². The monoisotopic (exact) mass is 412 g/mol. The van der Waals surface area contributed by atoms with E-state index < -0.39 is 0 Å². The smallest absolute Gasteiger partial charge is 0.254 e. The molecule has 2 amide bonds. The van der Waals surface area contributed by atoms with E-state index in [9.17, 15) is 14.4 Å². The predicted molar refractivity (Wildman–Crippen MR) is 119 cm³/mol. The van der Waals surface area contributed by atoms with Crippen molar-refractivity contribution >= 4 is 17.6 Å². The van der Waals surface area contributed by atoms with Gasteiger partial charge < -0.3 is 10.2 Å². The van der Waals surface area contributed by atoms with E-state index in [0.717, 1.165) is 0 Å². The molecule has 3 aromatic carbocycles. The predicted octanol–water partition coefficient (Wildman–Crippen LogP) is 3.95. The summed E-state index contributed by atoms with van der Waals surface area (Å²) in [4.78, 5) is 40.3. The Balaban J connectivity index is 1.41. The van der Waals surface area contributed by atoms with E-state index in [2.05, 4.69) is 5.32 Å². The number of nitrogens with one attached hydrogen (secondary N) is 1. The second-order valence-electron chi connectivity index (χ2n) is 7.65. The van der Waals surface area contributed by atoms with E-state index in [-0.39, 0.29) is 23.6 Å². The van der Waals surface area contributed by atoms with E-state index >= 15 is 0 Å². The first-order valence-corrected chi connectivity index (χ1v) is 10.5. The van der Waals surface area contributed by atoms with Crippen LogP contribution in [-0.4, -0.2) is 41.6 Å². The van der Waals surface area contributed by atoms with Gasteiger partial charge in [0.15, 0.2) is 5.78 Å². The highest BCUT2D eigenvalue weighted by Gasteiger charge is 2.27. The summed E-state index contributed by atoms with van der Waals surface area (Å²) in [6.45, 7) is 1.07. The lowest BCUT2D eigenvalue weighted by Crippen LogP contribution is -2.46. The zero-order chi connectivity index (χ0) is 21.6. The maximum absolute atomic E-state index is 13.2. The number of amides is 2. The SMILES string of the molecule is O=C(NC1CCN(C(=O)c2ccccc2C(=O)c2ccccc2)CC1)c1ccccc1. The van der Waals surface area contributed by atoms with Gasteiger partial charge in [-0.3, -0.25) is 14.4 Å². The summed E-state index contributed by atoms with van der Waals surface area (Å²) in [5.74, 6) is -0.397. The van der Waals surface area contributed by atoms with Crippen LogP contribution < -0.4 is 5.32 Å². The molecule has 31 heavy (non-hydrogen) atoms. The summed E-state index contributed by atoms with van der Waals surface area (Å²) in [7, 11) is 0. The molecule has 1 aliphatic heterocycles. The fraction of sp³-hybridized carbons (Fsp3) is 0.192. The lowest BCUT2D eigenvalue weighted by Gasteiger charge is -2.32. The molecule has 1 saturated heterocycles. The Kier molecular flexibility index (Phi) is 6.22. The zero-order valence-corrected chi connectivity index (χ0v) is 17.2. The Bertz CT molecular complexity index is 1070. The Labute approximate surface area is 181 Å². The highest BCUT2D eigenvalue weighted by molar-refractivity contribution is 6.15. The summed E-state index contributed by atoms with van der Waals surface area (Å²) in [6.07, 6.45) is 1.36. The fourth-order valence-corrected chi connectivity index (χ4v) is 3.87. The number of likely N-dealkylation sites (tertiary alicyclic amines) is 1. The number of nitrogens with zero attached hydrogens (tertiary/aromatic N) is 1. The van der Waals surface area contributed by atoms with E-state index in [0.29, 0.717) is 48.2 Å². The minimum atomic E-state index is -0.158. The third-order valence-electron chi connectivity index (χ3n) is 5.59. The molecule has 1 heterocycles. The van der Waals surface area contributed by atoms with Crippen LogP contribution in [0.25, 0.3) is 0 Å². The van der Waals surface area contributed by atoms with Crippen LogP contribution in [0, 0.1) is 0 Å². The van der Waals surface area contributed by atoms with Crippen molar-refractivity contribution in [3.63, 3.8) is 0 Å². The van der Waals surface area contributed by atoms with Crippen LogP contribution in [0.15, 0.2) is 84.9 Å². The molecular weight excluding hydrogens is 388 g/mol. The molecule has 156 valence electrons. The summed E-state index contributed by atoms with van der Waals surface area (Å²) in [5, 5.41) is 3.05. The van der Waals surface area contributed by atoms with Crippen LogP contribution >= 0.6 is 0 Å².